The molecule has 3 aromatic carbocycles. The third-order valence-corrected chi connectivity index (χ3v) is 5.79. The topological polar surface area (TPSA) is 90.2 Å². The van der Waals surface area contributed by atoms with E-state index in [2.05, 4.69) is 4.99 Å². The number of aromatic hydroxyl groups is 2. The van der Waals surface area contributed by atoms with Crippen molar-refractivity contribution in [2.24, 2.45) is 4.99 Å². The molecule has 31 heavy (non-hydrogen) atoms. The minimum Gasteiger partial charge on any atom is -0.508 e. The number of phenols is 2. The van der Waals surface area contributed by atoms with Crippen molar-refractivity contribution in [1.29, 1.82) is 0 Å². The molecule has 6 nitrogen and oxygen atoms in total. The Kier molecular flexibility index (Phi) is 5.73. The van der Waals surface area contributed by atoms with Crippen molar-refractivity contribution in [1.82, 2.24) is 0 Å². The van der Waals surface area contributed by atoms with Crippen LogP contribution in [0.2, 0.25) is 0 Å². The Balaban J connectivity index is 1.64. The minimum atomic E-state index is -0.706. The average molecular weight is 436 g/mol. The van der Waals surface area contributed by atoms with Gasteiger partial charge in [0.15, 0.2) is 11.0 Å². The molecule has 0 radical (unpaired) electrons. The zero-order valence-corrected chi connectivity index (χ0v) is 16.9. The lowest BCUT2D eigenvalue weighted by Gasteiger charge is -2.16. The first-order valence-corrected chi connectivity index (χ1v) is 10.2. The summed E-state index contributed by atoms with van der Waals surface area (Å²) >= 11 is 1.16. The van der Waals surface area contributed by atoms with Crippen molar-refractivity contribution in [3.63, 3.8) is 0 Å². The molecule has 3 aromatic rings. The summed E-state index contributed by atoms with van der Waals surface area (Å²) in [6.45, 7) is 0. The lowest BCUT2D eigenvalue weighted by Crippen LogP contribution is -2.32. The van der Waals surface area contributed by atoms with Gasteiger partial charge >= 0.3 is 0 Å². The quantitative estimate of drug-likeness (QED) is 0.569. The van der Waals surface area contributed by atoms with E-state index in [0.717, 1.165) is 11.8 Å². The van der Waals surface area contributed by atoms with E-state index in [0.29, 0.717) is 22.1 Å². The molecule has 1 aliphatic rings. The van der Waals surface area contributed by atoms with E-state index in [1.807, 2.05) is 0 Å². The van der Waals surface area contributed by atoms with Gasteiger partial charge in [-0.3, -0.25) is 14.5 Å². The SMILES string of the molecule is O=C(C[C@H]1SC(=Nc2ccc(O)cc2)N(c2ccc(O)cc2)C1=O)c1ccc(F)cc1. The molecule has 1 heterocycles. The lowest BCUT2D eigenvalue weighted by atomic mass is 10.1. The minimum absolute atomic E-state index is 0.0584. The van der Waals surface area contributed by atoms with Crippen molar-refractivity contribution >= 4 is 40.0 Å². The number of thioether (sulfide) groups is 1. The second-order valence-corrected chi connectivity index (χ2v) is 8.01. The van der Waals surface area contributed by atoms with Crippen molar-refractivity contribution in [3.8, 4) is 11.5 Å². The highest BCUT2D eigenvalue weighted by atomic mass is 32.2. The van der Waals surface area contributed by atoms with Crippen LogP contribution in [0.15, 0.2) is 77.8 Å². The molecule has 0 bridgehead atoms. The molecule has 1 fully saturated rings. The molecule has 1 saturated heterocycles. The van der Waals surface area contributed by atoms with Gasteiger partial charge in [0.05, 0.1) is 16.6 Å². The molecule has 8 heteroatoms. The van der Waals surface area contributed by atoms with Gasteiger partial charge in [-0.25, -0.2) is 9.38 Å². The summed E-state index contributed by atoms with van der Waals surface area (Å²) < 4.78 is 13.1. The van der Waals surface area contributed by atoms with Crippen LogP contribution in [0.4, 0.5) is 15.8 Å². The molecule has 156 valence electrons. The van der Waals surface area contributed by atoms with E-state index < -0.39 is 11.1 Å². The first kappa shape index (κ1) is 20.6. The monoisotopic (exact) mass is 436 g/mol. The first-order valence-electron chi connectivity index (χ1n) is 9.37. The van der Waals surface area contributed by atoms with E-state index >= 15 is 0 Å². The van der Waals surface area contributed by atoms with Crippen LogP contribution in [-0.4, -0.2) is 32.3 Å². The fourth-order valence-electron chi connectivity index (χ4n) is 3.07. The Morgan fingerprint density at radius 3 is 2.13 bits per heavy atom. The van der Waals surface area contributed by atoms with Crippen molar-refractivity contribution < 1.29 is 24.2 Å². The Morgan fingerprint density at radius 1 is 0.935 bits per heavy atom. The molecule has 1 atom stereocenters. The fraction of sp³-hybridized carbons (Fsp3) is 0.0870. The maximum Gasteiger partial charge on any atom is 0.247 e. The number of ketones is 1. The fourth-order valence-corrected chi connectivity index (χ4v) is 4.23. The molecule has 0 aromatic heterocycles. The van der Waals surface area contributed by atoms with Crippen LogP contribution in [0.3, 0.4) is 0 Å². The number of anilines is 1. The summed E-state index contributed by atoms with van der Waals surface area (Å²) in [7, 11) is 0. The molecule has 0 spiro atoms. The van der Waals surface area contributed by atoms with Gasteiger partial charge < -0.3 is 10.2 Å². The highest BCUT2D eigenvalue weighted by Crippen LogP contribution is 2.36. The number of amidine groups is 1. The summed E-state index contributed by atoms with van der Waals surface area (Å²) in [5.41, 5.74) is 1.36. The van der Waals surface area contributed by atoms with Gasteiger partial charge in [0.1, 0.15) is 17.3 Å². The standard InChI is InChI=1S/C23H17FN2O4S/c24-15-3-1-14(2-4-15)20(29)13-21-22(30)26(17-7-11-19(28)12-8-17)23(31-21)25-16-5-9-18(27)10-6-16/h1-12,21,27-28H,13H2/t21-/m1/s1. The number of carbonyl (C=O) groups excluding carboxylic acids is 2. The second-order valence-electron chi connectivity index (χ2n) is 6.84. The molecule has 4 rings (SSSR count). The van der Waals surface area contributed by atoms with Crippen LogP contribution in [0.25, 0.3) is 0 Å². The number of hydrogen-bond acceptors (Lipinski definition) is 6. The van der Waals surface area contributed by atoms with Crippen molar-refractivity contribution in [3.05, 3.63) is 84.2 Å². The summed E-state index contributed by atoms with van der Waals surface area (Å²) in [5.74, 6) is -0.879. The average Bonchev–Trinajstić information content (AvgIpc) is 3.05. The third kappa shape index (κ3) is 4.59. The number of aliphatic imine (C=N–C) groups is 1. The third-order valence-electron chi connectivity index (χ3n) is 4.65. The van der Waals surface area contributed by atoms with E-state index in [1.54, 1.807) is 24.3 Å². The lowest BCUT2D eigenvalue weighted by molar-refractivity contribution is -0.116. The highest BCUT2D eigenvalue weighted by molar-refractivity contribution is 8.16. The van der Waals surface area contributed by atoms with Gasteiger partial charge in [0, 0.05) is 12.0 Å². The zero-order chi connectivity index (χ0) is 22.0. The smallest absolute Gasteiger partial charge is 0.247 e. The summed E-state index contributed by atoms with van der Waals surface area (Å²) in [6.07, 6.45) is -0.0711. The number of hydrogen-bond donors (Lipinski definition) is 2. The Hall–Kier alpha value is -3.65. The molecular formula is C23H17FN2O4S. The van der Waals surface area contributed by atoms with Gasteiger partial charge in [-0.2, -0.15) is 0 Å². The summed E-state index contributed by atoms with van der Waals surface area (Å²) in [4.78, 5) is 31.7. The summed E-state index contributed by atoms with van der Waals surface area (Å²) in [6, 6.07) is 17.5. The van der Waals surface area contributed by atoms with Crippen LogP contribution < -0.4 is 4.90 Å². The molecule has 0 aliphatic carbocycles. The number of phenolic OH excluding ortho intramolecular Hbond substituents is 2. The number of amides is 1. The normalized spacial score (nSPS) is 17.3. The van der Waals surface area contributed by atoms with Gasteiger partial charge in [0.25, 0.3) is 0 Å². The van der Waals surface area contributed by atoms with Gasteiger partial charge in [-0.05, 0) is 72.8 Å². The van der Waals surface area contributed by atoms with Gasteiger partial charge in [-0.15, -0.1) is 0 Å². The predicted molar refractivity (Wildman–Crippen MR) is 118 cm³/mol. The number of Topliss-reactive ketones (excluding diaryl/α,β-unsaturated/α-hetero) is 1. The second kappa shape index (κ2) is 8.61. The predicted octanol–water partition coefficient (Wildman–Crippen LogP) is 4.65. The number of halogens is 1. The van der Waals surface area contributed by atoms with Crippen LogP contribution in [0, 0.1) is 5.82 Å². The van der Waals surface area contributed by atoms with Crippen molar-refractivity contribution in [2.45, 2.75) is 11.7 Å². The molecule has 2 N–H and O–H groups in total. The number of nitrogens with zero attached hydrogens (tertiary/aromatic N) is 2. The van der Waals surface area contributed by atoms with E-state index in [9.17, 15) is 24.2 Å². The largest absolute Gasteiger partial charge is 0.508 e. The van der Waals surface area contributed by atoms with Crippen LogP contribution in [0.5, 0.6) is 11.5 Å². The van der Waals surface area contributed by atoms with Gasteiger partial charge in [0.2, 0.25) is 5.91 Å². The van der Waals surface area contributed by atoms with E-state index in [4.69, 9.17) is 0 Å². The van der Waals surface area contributed by atoms with E-state index in [-0.39, 0.29) is 29.6 Å². The van der Waals surface area contributed by atoms with Crippen LogP contribution in [-0.2, 0) is 4.79 Å². The molecule has 1 aliphatic heterocycles. The maximum atomic E-state index is 13.2. The molecule has 0 unspecified atom stereocenters. The highest BCUT2D eigenvalue weighted by Gasteiger charge is 2.40. The number of benzene rings is 3. The number of rotatable bonds is 5. The Bertz CT molecular complexity index is 1150. The van der Waals surface area contributed by atoms with E-state index in [1.165, 1.54) is 53.4 Å². The Morgan fingerprint density at radius 2 is 1.52 bits per heavy atom. The molecular weight excluding hydrogens is 419 g/mol. The molecule has 1 amide bonds. The first-order chi connectivity index (χ1) is 14.9. The maximum absolute atomic E-state index is 13.2. The molecule has 0 saturated carbocycles. The zero-order valence-electron chi connectivity index (χ0n) is 16.1. The number of carbonyl (C=O) groups is 2. The Labute approximate surface area is 181 Å². The van der Waals surface area contributed by atoms with Gasteiger partial charge in [-0.1, -0.05) is 11.8 Å². The van der Waals surface area contributed by atoms with Crippen LogP contribution in [0.1, 0.15) is 16.8 Å². The van der Waals surface area contributed by atoms with Crippen LogP contribution >= 0.6 is 11.8 Å². The van der Waals surface area contributed by atoms with Crippen molar-refractivity contribution in [2.75, 3.05) is 4.90 Å². The summed E-state index contributed by atoms with van der Waals surface area (Å²) in [5, 5.41) is 18.7.